The second-order valence-electron chi connectivity index (χ2n) is 5.07. The van der Waals surface area contributed by atoms with Crippen LogP contribution in [0.1, 0.15) is 19.3 Å². The molecule has 0 radical (unpaired) electrons. The number of carbonyl (C=O) groups excluding carboxylic acids is 1. The molecule has 2 aliphatic rings. The summed E-state index contributed by atoms with van der Waals surface area (Å²) < 4.78 is 5.02. The van der Waals surface area contributed by atoms with Gasteiger partial charge in [0.25, 0.3) is 0 Å². The van der Waals surface area contributed by atoms with Crippen molar-refractivity contribution < 1.29 is 19.4 Å². The van der Waals surface area contributed by atoms with Crippen molar-refractivity contribution in [1.82, 2.24) is 9.80 Å². The second kappa shape index (κ2) is 5.56. The van der Waals surface area contributed by atoms with E-state index in [0.29, 0.717) is 32.3 Å². The van der Waals surface area contributed by atoms with Gasteiger partial charge in [-0.05, 0) is 12.8 Å². The van der Waals surface area contributed by atoms with E-state index in [0.717, 1.165) is 12.8 Å². The first-order valence-corrected chi connectivity index (χ1v) is 6.38. The number of hydrogen-bond donors (Lipinski definition) is 1. The van der Waals surface area contributed by atoms with Crippen LogP contribution in [0.5, 0.6) is 0 Å². The van der Waals surface area contributed by atoms with Crippen molar-refractivity contribution in [3.05, 3.63) is 0 Å². The molecule has 0 unspecified atom stereocenters. The first-order valence-electron chi connectivity index (χ1n) is 6.38. The van der Waals surface area contributed by atoms with Gasteiger partial charge in [0.1, 0.15) is 0 Å². The summed E-state index contributed by atoms with van der Waals surface area (Å²) in [6.45, 7) is 2.32. The van der Waals surface area contributed by atoms with Crippen LogP contribution in [0, 0.1) is 5.92 Å². The number of likely N-dealkylation sites (tertiary alicyclic amines) is 1. The summed E-state index contributed by atoms with van der Waals surface area (Å²) in [6.07, 6.45) is 2.30. The number of ether oxygens (including phenoxy) is 1. The molecule has 0 aromatic carbocycles. The summed E-state index contributed by atoms with van der Waals surface area (Å²) >= 11 is 0. The van der Waals surface area contributed by atoms with Crippen LogP contribution >= 0.6 is 0 Å². The Morgan fingerprint density at radius 1 is 1.39 bits per heavy atom. The maximum absolute atomic E-state index is 12.2. The van der Waals surface area contributed by atoms with Gasteiger partial charge in [-0.2, -0.15) is 0 Å². The lowest BCUT2D eigenvalue weighted by Gasteiger charge is -2.41. The molecule has 0 aromatic heterocycles. The largest absolute Gasteiger partial charge is 0.481 e. The number of hydrogen-bond acceptors (Lipinski definition) is 3. The molecule has 2 fully saturated rings. The van der Waals surface area contributed by atoms with E-state index in [9.17, 15) is 9.59 Å². The molecule has 0 bridgehead atoms. The van der Waals surface area contributed by atoms with E-state index in [2.05, 4.69) is 0 Å². The van der Waals surface area contributed by atoms with Gasteiger partial charge in [-0.3, -0.25) is 4.79 Å². The molecule has 1 N–H and O–H groups in total. The Labute approximate surface area is 106 Å². The van der Waals surface area contributed by atoms with E-state index in [1.165, 1.54) is 0 Å². The number of amides is 2. The summed E-state index contributed by atoms with van der Waals surface area (Å²) in [6, 6.07) is 0.405. The molecule has 18 heavy (non-hydrogen) atoms. The SMILES string of the molecule is COCCN(C(=O)N1CC(CC(=O)O)C1)C1CC1. The Bertz CT molecular complexity index is 324. The molecule has 2 rings (SSSR count). The van der Waals surface area contributed by atoms with Crippen LogP contribution in [-0.4, -0.2) is 66.3 Å². The minimum atomic E-state index is -0.787. The third kappa shape index (κ3) is 3.13. The predicted octanol–water partition coefficient (Wildman–Crippen LogP) is 0.624. The summed E-state index contributed by atoms with van der Waals surface area (Å²) in [5.41, 5.74) is 0. The van der Waals surface area contributed by atoms with Crippen molar-refractivity contribution in [3.63, 3.8) is 0 Å². The van der Waals surface area contributed by atoms with Gasteiger partial charge in [-0.1, -0.05) is 0 Å². The number of carboxylic acids is 1. The fraction of sp³-hybridized carbons (Fsp3) is 0.833. The van der Waals surface area contributed by atoms with E-state index in [-0.39, 0.29) is 18.4 Å². The molecular formula is C12H20N2O4. The highest BCUT2D eigenvalue weighted by Crippen LogP contribution is 2.29. The Morgan fingerprint density at radius 3 is 2.56 bits per heavy atom. The summed E-state index contributed by atoms with van der Waals surface area (Å²) in [7, 11) is 1.63. The molecule has 1 saturated heterocycles. The normalized spacial score (nSPS) is 19.5. The molecule has 1 saturated carbocycles. The van der Waals surface area contributed by atoms with Crippen LogP contribution in [0.15, 0.2) is 0 Å². The van der Waals surface area contributed by atoms with Crippen LogP contribution in [0.25, 0.3) is 0 Å². The van der Waals surface area contributed by atoms with Gasteiger partial charge in [-0.25, -0.2) is 4.79 Å². The molecular weight excluding hydrogens is 236 g/mol. The van der Waals surface area contributed by atoms with Crippen molar-refractivity contribution in [2.75, 3.05) is 33.4 Å². The van der Waals surface area contributed by atoms with Gasteiger partial charge in [0.15, 0.2) is 0 Å². The highest BCUT2D eigenvalue weighted by Gasteiger charge is 2.39. The maximum atomic E-state index is 12.2. The highest BCUT2D eigenvalue weighted by molar-refractivity contribution is 5.76. The lowest BCUT2D eigenvalue weighted by Crippen LogP contribution is -2.56. The third-order valence-corrected chi connectivity index (χ3v) is 3.46. The van der Waals surface area contributed by atoms with Crippen LogP contribution < -0.4 is 0 Å². The summed E-state index contributed by atoms with van der Waals surface area (Å²) in [5, 5.41) is 8.67. The molecule has 1 aliphatic carbocycles. The first kappa shape index (κ1) is 13.1. The topological polar surface area (TPSA) is 70.1 Å². The van der Waals surface area contributed by atoms with E-state index >= 15 is 0 Å². The number of aliphatic carboxylic acids is 1. The first-order chi connectivity index (χ1) is 8.61. The lowest BCUT2D eigenvalue weighted by atomic mass is 9.97. The predicted molar refractivity (Wildman–Crippen MR) is 64.3 cm³/mol. The zero-order chi connectivity index (χ0) is 13.1. The number of urea groups is 1. The molecule has 1 heterocycles. The number of carboxylic acid groups (broad SMARTS) is 1. The molecule has 1 aliphatic heterocycles. The number of carbonyl (C=O) groups is 2. The fourth-order valence-electron chi connectivity index (χ4n) is 2.29. The maximum Gasteiger partial charge on any atom is 0.320 e. The molecule has 2 amide bonds. The van der Waals surface area contributed by atoms with Crippen LogP contribution in [0.4, 0.5) is 4.79 Å². The van der Waals surface area contributed by atoms with E-state index in [1.807, 2.05) is 4.90 Å². The average molecular weight is 256 g/mol. The van der Waals surface area contributed by atoms with Gasteiger partial charge in [-0.15, -0.1) is 0 Å². The highest BCUT2D eigenvalue weighted by atomic mass is 16.5. The fourth-order valence-corrected chi connectivity index (χ4v) is 2.29. The van der Waals surface area contributed by atoms with Crippen LogP contribution in [0.2, 0.25) is 0 Å². The zero-order valence-electron chi connectivity index (χ0n) is 10.7. The smallest absolute Gasteiger partial charge is 0.320 e. The Kier molecular flexibility index (Phi) is 4.06. The lowest BCUT2D eigenvalue weighted by molar-refractivity contribution is -0.139. The van der Waals surface area contributed by atoms with Crippen molar-refractivity contribution >= 4 is 12.0 Å². The number of methoxy groups -OCH3 is 1. The minimum Gasteiger partial charge on any atom is -0.481 e. The molecule has 102 valence electrons. The van der Waals surface area contributed by atoms with E-state index < -0.39 is 5.97 Å². The van der Waals surface area contributed by atoms with E-state index in [4.69, 9.17) is 9.84 Å². The summed E-state index contributed by atoms with van der Waals surface area (Å²) in [5.74, 6) is -0.666. The van der Waals surface area contributed by atoms with Gasteiger partial charge >= 0.3 is 12.0 Å². The number of nitrogens with zero attached hydrogens (tertiary/aromatic N) is 2. The van der Waals surface area contributed by atoms with Crippen molar-refractivity contribution in [3.8, 4) is 0 Å². The zero-order valence-corrected chi connectivity index (χ0v) is 10.7. The van der Waals surface area contributed by atoms with Crippen molar-refractivity contribution in [2.24, 2.45) is 5.92 Å². The molecule has 6 nitrogen and oxygen atoms in total. The monoisotopic (exact) mass is 256 g/mol. The minimum absolute atomic E-state index is 0.0381. The average Bonchev–Trinajstić information content (AvgIpc) is 3.07. The third-order valence-electron chi connectivity index (χ3n) is 3.46. The van der Waals surface area contributed by atoms with Crippen molar-refractivity contribution in [1.29, 1.82) is 0 Å². The molecule has 6 heteroatoms. The molecule has 0 spiro atoms. The van der Waals surface area contributed by atoms with Gasteiger partial charge in [0, 0.05) is 38.7 Å². The standard InChI is InChI=1S/C12H20N2O4/c1-18-5-4-14(10-2-3-10)12(17)13-7-9(8-13)6-11(15)16/h9-10H,2-8H2,1H3,(H,15,16). The quantitative estimate of drug-likeness (QED) is 0.756. The molecule has 0 aromatic rings. The van der Waals surface area contributed by atoms with Crippen LogP contribution in [-0.2, 0) is 9.53 Å². The van der Waals surface area contributed by atoms with Gasteiger partial charge in [0.05, 0.1) is 13.0 Å². The summed E-state index contributed by atoms with van der Waals surface area (Å²) in [4.78, 5) is 26.3. The van der Waals surface area contributed by atoms with Gasteiger partial charge < -0.3 is 19.6 Å². The van der Waals surface area contributed by atoms with E-state index in [1.54, 1.807) is 12.0 Å². The Morgan fingerprint density at radius 2 is 2.06 bits per heavy atom. The van der Waals surface area contributed by atoms with Crippen LogP contribution in [0.3, 0.4) is 0 Å². The van der Waals surface area contributed by atoms with Gasteiger partial charge in [0.2, 0.25) is 0 Å². The molecule has 0 atom stereocenters. The number of rotatable bonds is 6. The van der Waals surface area contributed by atoms with Crippen molar-refractivity contribution in [2.45, 2.75) is 25.3 Å². The Balaban J connectivity index is 1.78. The Hall–Kier alpha value is -1.30. The second-order valence-corrected chi connectivity index (χ2v) is 5.07.